The summed E-state index contributed by atoms with van der Waals surface area (Å²) in [5.41, 5.74) is 6.56. The van der Waals surface area contributed by atoms with Crippen molar-refractivity contribution < 1.29 is 9.90 Å². The van der Waals surface area contributed by atoms with E-state index in [-0.39, 0.29) is 6.42 Å². The molecule has 0 unspecified atom stereocenters. The van der Waals surface area contributed by atoms with E-state index in [1.165, 1.54) is 5.56 Å². The van der Waals surface area contributed by atoms with Gasteiger partial charge in [0.05, 0.1) is 6.42 Å². The number of rotatable bonds is 5. The number of hydrogen-bond donors (Lipinski definition) is 1. The predicted octanol–water partition coefficient (Wildman–Crippen LogP) is 7.60. The molecule has 0 heterocycles. The van der Waals surface area contributed by atoms with Crippen molar-refractivity contribution in [1.82, 2.24) is 0 Å². The van der Waals surface area contributed by atoms with E-state index in [4.69, 9.17) is 34.8 Å². The second kappa shape index (κ2) is 8.79. The second-order valence-corrected chi connectivity index (χ2v) is 9.58. The van der Waals surface area contributed by atoms with Gasteiger partial charge in [-0.25, -0.2) is 0 Å². The van der Waals surface area contributed by atoms with E-state index in [0.717, 1.165) is 27.8 Å². The summed E-state index contributed by atoms with van der Waals surface area (Å²) < 4.78 is -1.47. The van der Waals surface area contributed by atoms with E-state index in [2.05, 4.69) is 38.1 Å². The van der Waals surface area contributed by atoms with Gasteiger partial charge >= 0.3 is 5.97 Å². The molecule has 3 aromatic rings. The molecule has 29 heavy (non-hydrogen) atoms. The highest BCUT2D eigenvalue weighted by atomic mass is 35.6. The van der Waals surface area contributed by atoms with Crippen molar-refractivity contribution in [2.75, 3.05) is 0 Å². The van der Waals surface area contributed by atoms with Crippen LogP contribution in [0.5, 0.6) is 0 Å². The van der Waals surface area contributed by atoms with E-state index in [1.54, 1.807) is 12.1 Å². The molecule has 0 bridgehead atoms. The molecule has 0 aliphatic rings. The van der Waals surface area contributed by atoms with Gasteiger partial charge in [-0.2, -0.15) is 0 Å². The van der Waals surface area contributed by atoms with E-state index in [0.29, 0.717) is 11.5 Å². The first-order valence-electron chi connectivity index (χ1n) is 9.28. The summed E-state index contributed by atoms with van der Waals surface area (Å²) in [5.74, 6) is -0.415. The third kappa shape index (κ3) is 5.33. The zero-order chi connectivity index (χ0) is 21.2. The molecule has 0 fully saturated rings. The number of alkyl halides is 3. The summed E-state index contributed by atoms with van der Waals surface area (Å²) in [5, 5.41) is 9.18. The van der Waals surface area contributed by atoms with Crippen LogP contribution in [0.4, 0.5) is 0 Å². The smallest absolute Gasteiger partial charge is 0.307 e. The van der Waals surface area contributed by atoms with Crippen LogP contribution in [0, 0.1) is 0 Å². The Kier molecular flexibility index (Phi) is 6.58. The fourth-order valence-electron chi connectivity index (χ4n) is 3.25. The molecular weight excluding hydrogens is 427 g/mol. The van der Waals surface area contributed by atoms with Gasteiger partial charge < -0.3 is 5.11 Å². The molecule has 1 N–H and O–H groups in total. The first-order chi connectivity index (χ1) is 13.6. The molecule has 0 atom stereocenters. The van der Waals surface area contributed by atoms with Crippen LogP contribution in [-0.4, -0.2) is 11.1 Å². The molecule has 0 aromatic heterocycles. The standard InChI is InChI=1S/C24H21Cl3O2/c1-15(2)17-4-6-19(7-5-17)22-13-16(14-23(28)29)3-12-21(22)18-8-10-20(11-9-18)24(25,26)27/h3-13,15H,14H2,1-2H3,(H,28,29). The lowest BCUT2D eigenvalue weighted by Crippen LogP contribution is -2.01. The average Bonchev–Trinajstić information content (AvgIpc) is 2.67. The Morgan fingerprint density at radius 2 is 1.41 bits per heavy atom. The minimum atomic E-state index is -1.47. The minimum absolute atomic E-state index is 0.0242. The fraction of sp³-hybridized carbons (Fsp3) is 0.208. The molecule has 0 aliphatic heterocycles. The molecule has 0 saturated carbocycles. The van der Waals surface area contributed by atoms with E-state index in [9.17, 15) is 9.90 Å². The normalized spacial score (nSPS) is 11.7. The summed E-state index contributed by atoms with van der Waals surface area (Å²) in [6, 6.07) is 21.5. The number of hydrogen-bond acceptors (Lipinski definition) is 1. The number of carbonyl (C=O) groups is 1. The van der Waals surface area contributed by atoms with E-state index >= 15 is 0 Å². The van der Waals surface area contributed by atoms with Crippen LogP contribution in [0.2, 0.25) is 0 Å². The molecular formula is C24H21Cl3O2. The number of aliphatic carboxylic acids is 1. The molecule has 0 saturated heterocycles. The number of halogens is 3. The molecule has 2 nitrogen and oxygen atoms in total. The maximum atomic E-state index is 11.2. The van der Waals surface area contributed by atoms with Crippen molar-refractivity contribution in [3.8, 4) is 22.3 Å². The Balaban J connectivity index is 2.10. The zero-order valence-corrected chi connectivity index (χ0v) is 18.4. The third-order valence-corrected chi connectivity index (χ3v) is 5.51. The first kappa shape index (κ1) is 21.7. The highest BCUT2D eigenvalue weighted by Gasteiger charge is 2.22. The third-order valence-electron chi connectivity index (χ3n) is 4.85. The molecule has 3 rings (SSSR count). The van der Waals surface area contributed by atoms with Gasteiger partial charge in [-0.3, -0.25) is 4.79 Å². The van der Waals surface area contributed by atoms with Crippen LogP contribution >= 0.6 is 34.8 Å². The maximum absolute atomic E-state index is 11.2. The number of carboxylic acids is 1. The molecule has 0 amide bonds. The van der Waals surface area contributed by atoms with E-state index < -0.39 is 9.76 Å². The van der Waals surface area contributed by atoms with Crippen LogP contribution in [0.15, 0.2) is 66.7 Å². The second-order valence-electron chi connectivity index (χ2n) is 7.30. The van der Waals surface area contributed by atoms with Crippen molar-refractivity contribution in [1.29, 1.82) is 0 Å². The highest BCUT2D eigenvalue weighted by molar-refractivity contribution is 6.66. The van der Waals surface area contributed by atoms with Crippen LogP contribution in [0.25, 0.3) is 22.3 Å². The molecule has 0 spiro atoms. The molecule has 0 radical (unpaired) electrons. The van der Waals surface area contributed by atoms with Gasteiger partial charge in [0.1, 0.15) is 0 Å². The lowest BCUT2D eigenvalue weighted by atomic mass is 9.90. The van der Waals surface area contributed by atoms with Crippen molar-refractivity contribution in [3.05, 3.63) is 83.4 Å². The summed E-state index contributed by atoms with van der Waals surface area (Å²) in [7, 11) is 0. The van der Waals surface area contributed by atoms with Crippen molar-refractivity contribution >= 4 is 40.8 Å². The van der Waals surface area contributed by atoms with Crippen molar-refractivity contribution in [3.63, 3.8) is 0 Å². The number of carboxylic acid groups (broad SMARTS) is 1. The summed E-state index contributed by atoms with van der Waals surface area (Å²) in [6.45, 7) is 4.31. The largest absolute Gasteiger partial charge is 0.481 e. The fourth-order valence-corrected chi connectivity index (χ4v) is 3.63. The van der Waals surface area contributed by atoms with Gasteiger partial charge in [-0.15, -0.1) is 0 Å². The van der Waals surface area contributed by atoms with Gasteiger partial charge in [-0.1, -0.05) is 109 Å². The van der Waals surface area contributed by atoms with Gasteiger partial charge in [-0.05, 0) is 45.4 Å². The van der Waals surface area contributed by atoms with Crippen molar-refractivity contribution in [2.24, 2.45) is 0 Å². The topological polar surface area (TPSA) is 37.3 Å². The lowest BCUT2D eigenvalue weighted by molar-refractivity contribution is -0.136. The molecule has 0 aliphatic carbocycles. The lowest BCUT2D eigenvalue weighted by Gasteiger charge is -2.15. The first-order valence-corrected chi connectivity index (χ1v) is 10.4. The SMILES string of the molecule is CC(C)c1ccc(-c2cc(CC(=O)O)ccc2-c2ccc(C(Cl)(Cl)Cl)cc2)cc1. The summed E-state index contributed by atoms with van der Waals surface area (Å²) in [6.07, 6.45) is -0.0242. The summed E-state index contributed by atoms with van der Waals surface area (Å²) >= 11 is 17.9. The van der Waals surface area contributed by atoms with Crippen LogP contribution in [0.1, 0.15) is 36.5 Å². The average molecular weight is 448 g/mol. The van der Waals surface area contributed by atoms with Gasteiger partial charge in [0.25, 0.3) is 0 Å². The molecule has 150 valence electrons. The predicted molar refractivity (Wildman–Crippen MR) is 122 cm³/mol. The highest BCUT2D eigenvalue weighted by Crippen LogP contribution is 2.40. The number of benzene rings is 3. The Hall–Kier alpha value is -2.00. The maximum Gasteiger partial charge on any atom is 0.307 e. The Morgan fingerprint density at radius 3 is 1.93 bits per heavy atom. The van der Waals surface area contributed by atoms with Crippen molar-refractivity contribution in [2.45, 2.75) is 30.0 Å². The van der Waals surface area contributed by atoms with Gasteiger partial charge in [0.15, 0.2) is 0 Å². The summed E-state index contributed by atoms with van der Waals surface area (Å²) in [4.78, 5) is 11.2. The van der Waals surface area contributed by atoms with Crippen LogP contribution in [-0.2, 0) is 15.0 Å². The monoisotopic (exact) mass is 446 g/mol. The Morgan fingerprint density at radius 1 is 0.862 bits per heavy atom. The van der Waals surface area contributed by atoms with Crippen LogP contribution < -0.4 is 0 Å². The molecule has 3 aromatic carbocycles. The van der Waals surface area contributed by atoms with Gasteiger partial charge in [0, 0.05) is 5.56 Å². The van der Waals surface area contributed by atoms with E-state index in [1.807, 2.05) is 30.3 Å². The zero-order valence-electron chi connectivity index (χ0n) is 16.1. The Bertz CT molecular complexity index is 1000. The van der Waals surface area contributed by atoms with Crippen LogP contribution in [0.3, 0.4) is 0 Å². The minimum Gasteiger partial charge on any atom is -0.481 e. The van der Waals surface area contributed by atoms with Gasteiger partial charge in [0.2, 0.25) is 3.79 Å². The Labute approximate surface area is 186 Å². The quantitative estimate of drug-likeness (QED) is 0.409. The molecule has 5 heteroatoms.